The van der Waals surface area contributed by atoms with E-state index in [0.717, 1.165) is 36.5 Å². The Balaban J connectivity index is 1.33. The molecular formula is C30H26BrF3N8O2. The fourth-order valence-electron chi connectivity index (χ4n) is 5.93. The smallest absolute Gasteiger partial charge is 0.380 e. The molecule has 226 valence electrons. The van der Waals surface area contributed by atoms with Crippen LogP contribution in [0.1, 0.15) is 52.5 Å². The number of rotatable bonds is 5. The summed E-state index contributed by atoms with van der Waals surface area (Å²) in [6.45, 7) is 1.81. The molecule has 5 aromatic rings. The van der Waals surface area contributed by atoms with Crippen molar-refractivity contribution in [2.24, 2.45) is 5.92 Å². The molecule has 4 heterocycles. The summed E-state index contributed by atoms with van der Waals surface area (Å²) in [5.74, 6) is 0.226. The van der Waals surface area contributed by atoms with Gasteiger partial charge in [-0.3, -0.25) is 14.2 Å². The maximum atomic E-state index is 14.3. The Morgan fingerprint density at radius 2 is 1.89 bits per heavy atom. The normalized spacial score (nSPS) is 16.8. The molecule has 1 aliphatic carbocycles. The number of anilines is 1. The predicted molar refractivity (Wildman–Crippen MR) is 159 cm³/mol. The summed E-state index contributed by atoms with van der Waals surface area (Å²) in [5.41, 5.74) is 9.14. The molecule has 10 nitrogen and oxygen atoms in total. The monoisotopic (exact) mass is 666 g/mol. The Morgan fingerprint density at radius 1 is 1.14 bits per heavy atom. The molecule has 44 heavy (non-hydrogen) atoms. The molecule has 2 aliphatic rings. The summed E-state index contributed by atoms with van der Waals surface area (Å²) >= 11 is 2.94. The highest BCUT2D eigenvalue weighted by atomic mass is 79.9. The fraction of sp³-hybridized carbons (Fsp3) is 0.300. The van der Waals surface area contributed by atoms with Gasteiger partial charge in [0, 0.05) is 32.8 Å². The molecule has 1 aliphatic heterocycles. The number of halogens is 4. The molecule has 7 rings (SSSR count). The van der Waals surface area contributed by atoms with E-state index in [0.29, 0.717) is 34.2 Å². The van der Waals surface area contributed by atoms with Crippen LogP contribution < -0.4 is 11.3 Å². The highest BCUT2D eigenvalue weighted by Gasteiger charge is 2.37. The molecule has 3 N–H and O–H groups in total. The molecule has 2 aromatic carbocycles. The Bertz CT molecular complexity index is 1990. The van der Waals surface area contributed by atoms with Crippen LogP contribution in [-0.4, -0.2) is 46.4 Å². The van der Waals surface area contributed by atoms with Gasteiger partial charge in [0.1, 0.15) is 11.3 Å². The van der Waals surface area contributed by atoms with Gasteiger partial charge in [-0.25, -0.2) is 4.52 Å². The number of carbonyl (C=O) groups excluding carboxylic acids is 1. The van der Waals surface area contributed by atoms with E-state index in [-0.39, 0.29) is 34.4 Å². The number of fused-ring (bicyclic) bond motifs is 3. The maximum absolute atomic E-state index is 14.3. The van der Waals surface area contributed by atoms with Crippen molar-refractivity contribution in [1.82, 2.24) is 34.5 Å². The van der Waals surface area contributed by atoms with Gasteiger partial charge in [-0.2, -0.15) is 28.6 Å². The van der Waals surface area contributed by atoms with Gasteiger partial charge in [-0.05, 0) is 68.9 Å². The van der Waals surface area contributed by atoms with Gasteiger partial charge < -0.3 is 10.6 Å². The lowest BCUT2D eigenvalue weighted by Gasteiger charge is -2.35. The largest absolute Gasteiger partial charge is 0.417 e. The lowest BCUT2D eigenvalue weighted by molar-refractivity contribution is -0.138. The molecular weight excluding hydrogens is 641 g/mol. The zero-order chi connectivity index (χ0) is 30.9. The second kappa shape index (κ2) is 10.3. The van der Waals surface area contributed by atoms with Crippen LogP contribution in [-0.2, 0) is 25.6 Å². The zero-order valence-corrected chi connectivity index (χ0v) is 25.0. The van der Waals surface area contributed by atoms with E-state index in [1.54, 1.807) is 22.2 Å². The van der Waals surface area contributed by atoms with Gasteiger partial charge in [0.2, 0.25) is 0 Å². The minimum absolute atomic E-state index is 0.0221. The number of carbonyl (C=O) groups is 1. The van der Waals surface area contributed by atoms with Crippen molar-refractivity contribution in [1.29, 1.82) is 0 Å². The number of amides is 1. The Morgan fingerprint density at radius 3 is 2.55 bits per heavy atom. The van der Waals surface area contributed by atoms with Gasteiger partial charge in [-0.1, -0.05) is 28.1 Å². The molecule has 0 bridgehead atoms. The minimum Gasteiger partial charge on any atom is -0.380 e. The van der Waals surface area contributed by atoms with Crippen molar-refractivity contribution in [3.63, 3.8) is 0 Å². The topological polar surface area (TPSA) is 127 Å². The van der Waals surface area contributed by atoms with Gasteiger partial charge >= 0.3 is 6.18 Å². The summed E-state index contributed by atoms with van der Waals surface area (Å²) < 4.78 is 44.0. The first kappa shape index (κ1) is 28.3. The van der Waals surface area contributed by atoms with Crippen LogP contribution in [0.5, 0.6) is 0 Å². The number of nitrogens with two attached hydrogens (primary N) is 1. The number of nitrogens with one attached hydrogen (secondary N) is 1. The van der Waals surface area contributed by atoms with E-state index in [2.05, 4.69) is 36.4 Å². The molecule has 1 amide bonds. The van der Waals surface area contributed by atoms with Crippen LogP contribution in [0.3, 0.4) is 0 Å². The summed E-state index contributed by atoms with van der Waals surface area (Å²) in [4.78, 5) is 29.4. The van der Waals surface area contributed by atoms with E-state index < -0.39 is 23.7 Å². The molecule has 1 fully saturated rings. The summed E-state index contributed by atoms with van der Waals surface area (Å²) in [6.07, 6.45) is 0.319. The van der Waals surface area contributed by atoms with Crippen molar-refractivity contribution >= 4 is 33.3 Å². The van der Waals surface area contributed by atoms with Crippen molar-refractivity contribution in [3.05, 3.63) is 91.4 Å². The average Bonchev–Trinajstić information content (AvgIpc) is 3.56. The lowest BCUT2D eigenvalue weighted by atomic mass is 9.97. The Labute approximate surface area is 256 Å². The van der Waals surface area contributed by atoms with E-state index in [9.17, 15) is 22.8 Å². The maximum Gasteiger partial charge on any atom is 0.417 e. The summed E-state index contributed by atoms with van der Waals surface area (Å²) in [7, 11) is 0. The van der Waals surface area contributed by atoms with Gasteiger partial charge in [0.05, 0.1) is 29.7 Å². The van der Waals surface area contributed by atoms with Gasteiger partial charge in [0.15, 0.2) is 5.82 Å². The zero-order valence-electron chi connectivity index (χ0n) is 23.4. The van der Waals surface area contributed by atoms with Gasteiger partial charge in [-0.15, -0.1) is 5.10 Å². The third-order valence-corrected chi connectivity index (χ3v) is 9.10. The van der Waals surface area contributed by atoms with E-state index in [1.807, 2.05) is 24.3 Å². The number of H-pyrrole nitrogens is 1. The number of benzene rings is 2. The third-order valence-electron chi connectivity index (χ3n) is 8.40. The van der Waals surface area contributed by atoms with Crippen molar-refractivity contribution in [2.45, 2.75) is 51.4 Å². The first-order valence-electron chi connectivity index (χ1n) is 14.1. The van der Waals surface area contributed by atoms with Crippen LogP contribution in [0.15, 0.2) is 57.9 Å². The fourth-order valence-corrected chi connectivity index (χ4v) is 6.41. The van der Waals surface area contributed by atoms with Crippen molar-refractivity contribution in [2.75, 3.05) is 5.73 Å². The number of aromatic nitrogens is 6. The van der Waals surface area contributed by atoms with Gasteiger partial charge in [0.25, 0.3) is 11.5 Å². The van der Waals surface area contributed by atoms with Crippen molar-refractivity contribution < 1.29 is 18.0 Å². The SMILES string of the molecule is C[C@@H]1Cc2c(n3ncc(CC4CC4)c3n(-c3ccc(-c4n[nH]nc4N)cc3)c2=O)CN1C(=O)c1ccc(Br)c(C(F)(F)F)c1. The first-order chi connectivity index (χ1) is 21.0. The molecule has 3 aromatic heterocycles. The first-order valence-corrected chi connectivity index (χ1v) is 14.9. The number of nitrogens with zero attached hydrogens (tertiary/aromatic N) is 6. The Hall–Kier alpha value is -4.46. The number of hydrogen-bond acceptors (Lipinski definition) is 6. The molecule has 14 heteroatoms. The molecule has 0 unspecified atom stereocenters. The molecule has 1 saturated carbocycles. The van der Waals surface area contributed by atoms with Crippen LogP contribution in [0, 0.1) is 5.92 Å². The standard InChI is InChI=1S/C30H26BrF3N8O2/c1-15-10-21-24(14-40(15)28(43)18-6-9-23(31)22(12-18)30(32,33)34)42-27(19(13-36-42)11-16-2-3-16)41(29(21)44)20-7-4-17(5-8-20)25-26(35)38-39-37-25/h4-9,12-13,15-16H,2-3,10-11,14H2,1H3,(H3,35,37,38,39)/t15-/m1/s1. The average molecular weight is 667 g/mol. The van der Waals surface area contributed by atoms with E-state index in [1.165, 1.54) is 17.0 Å². The number of nitrogen functional groups attached to an aromatic ring is 1. The highest BCUT2D eigenvalue weighted by molar-refractivity contribution is 9.10. The lowest BCUT2D eigenvalue weighted by Crippen LogP contribution is -2.46. The quantitative estimate of drug-likeness (QED) is 0.266. The van der Waals surface area contributed by atoms with E-state index in [4.69, 9.17) is 5.73 Å². The van der Waals surface area contributed by atoms with Crippen LogP contribution in [0.25, 0.3) is 22.6 Å². The number of aromatic amines is 1. The van der Waals surface area contributed by atoms with Crippen LogP contribution in [0.4, 0.5) is 19.0 Å². The van der Waals surface area contributed by atoms with Crippen molar-refractivity contribution in [3.8, 4) is 16.9 Å². The molecule has 0 saturated heterocycles. The predicted octanol–water partition coefficient (Wildman–Crippen LogP) is 5.17. The summed E-state index contributed by atoms with van der Waals surface area (Å²) in [6, 6.07) is 10.3. The minimum atomic E-state index is -4.63. The van der Waals surface area contributed by atoms with Crippen LogP contribution >= 0.6 is 15.9 Å². The number of hydrogen-bond donors (Lipinski definition) is 2. The number of alkyl halides is 3. The van der Waals surface area contributed by atoms with E-state index >= 15 is 0 Å². The Kier molecular flexibility index (Phi) is 6.64. The second-order valence-corrected chi connectivity index (χ2v) is 12.3. The molecule has 1 atom stereocenters. The highest BCUT2D eigenvalue weighted by Crippen LogP contribution is 2.37. The van der Waals surface area contributed by atoms with Crippen LogP contribution in [0.2, 0.25) is 0 Å². The summed E-state index contributed by atoms with van der Waals surface area (Å²) in [5, 5.41) is 15.2. The molecule has 0 spiro atoms. The second-order valence-electron chi connectivity index (χ2n) is 11.4. The third kappa shape index (κ3) is 4.77. The molecule has 0 radical (unpaired) electrons.